The van der Waals surface area contributed by atoms with Crippen LogP contribution in [0.4, 0.5) is 0 Å². The van der Waals surface area contributed by atoms with E-state index in [1.54, 1.807) is 6.07 Å². The number of halogens is 2. The third-order valence-corrected chi connectivity index (χ3v) is 1.54. The molecule has 0 fully saturated rings. The summed E-state index contributed by atoms with van der Waals surface area (Å²) in [4.78, 5) is 0. The summed E-state index contributed by atoms with van der Waals surface area (Å²) in [6.07, 6.45) is 0.531. The van der Waals surface area contributed by atoms with Crippen molar-refractivity contribution in [3.05, 3.63) is 28.9 Å². The molecule has 0 unspecified atom stereocenters. The van der Waals surface area contributed by atoms with Crippen LogP contribution in [0, 0.1) is 6.92 Å². The van der Waals surface area contributed by atoms with Gasteiger partial charge in [0.1, 0.15) is 0 Å². The lowest BCUT2D eigenvalue weighted by Gasteiger charge is -1.96. The number of rotatable bonds is 1. The Labute approximate surface area is 69.2 Å². The van der Waals surface area contributed by atoms with Crippen LogP contribution in [0.1, 0.15) is 5.69 Å². The van der Waals surface area contributed by atoms with Crippen LogP contribution in [-0.4, -0.2) is 10.2 Å². The highest BCUT2D eigenvalue weighted by atomic mass is 35.5. The van der Waals surface area contributed by atoms with Crippen molar-refractivity contribution in [1.82, 2.24) is 10.2 Å². The van der Waals surface area contributed by atoms with Gasteiger partial charge >= 0.3 is 0 Å². The zero-order chi connectivity index (χ0) is 7.56. The Morgan fingerprint density at radius 2 is 2.10 bits per heavy atom. The second-order valence-corrected chi connectivity index (χ2v) is 2.51. The van der Waals surface area contributed by atoms with Gasteiger partial charge in [0.2, 0.25) is 0 Å². The molecule has 1 rings (SSSR count). The minimum absolute atomic E-state index is 0.308. The Balaban J connectivity index is 3.07. The van der Waals surface area contributed by atoms with Crippen LogP contribution in [-0.2, 0) is 6.42 Å². The van der Waals surface area contributed by atoms with Gasteiger partial charge < -0.3 is 0 Å². The molecule has 0 amide bonds. The van der Waals surface area contributed by atoms with E-state index in [1.165, 1.54) is 0 Å². The highest BCUT2D eigenvalue weighted by Crippen LogP contribution is 2.15. The molecule has 0 N–H and O–H groups in total. The molecule has 10 heavy (non-hydrogen) atoms. The van der Waals surface area contributed by atoms with Crippen LogP contribution in [0.15, 0.2) is 6.07 Å². The van der Waals surface area contributed by atoms with E-state index >= 15 is 0 Å². The molecule has 1 aromatic rings. The van der Waals surface area contributed by atoms with Gasteiger partial charge in [-0.3, -0.25) is 0 Å². The maximum Gasteiger partial charge on any atom is 0.153 e. The van der Waals surface area contributed by atoms with Gasteiger partial charge in [-0.1, -0.05) is 23.2 Å². The SMILES string of the molecule is [CH2]Cc1nnc(Cl)cc1Cl. The highest BCUT2D eigenvalue weighted by molar-refractivity contribution is 6.34. The van der Waals surface area contributed by atoms with E-state index in [2.05, 4.69) is 17.1 Å². The van der Waals surface area contributed by atoms with Crippen molar-refractivity contribution in [1.29, 1.82) is 0 Å². The van der Waals surface area contributed by atoms with E-state index in [0.29, 0.717) is 22.3 Å². The summed E-state index contributed by atoms with van der Waals surface area (Å²) in [6.45, 7) is 3.62. The number of hydrogen-bond donors (Lipinski definition) is 0. The molecule has 1 aromatic heterocycles. The molecule has 0 aliphatic carbocycles. The zero-order valence-electron chi connectivity index (χ0n) is 5.14. The monoisotopic (exact) mass is 175 g/mol. The first-order valence-electron chi connectivity index (χ1n) is 2.71. The Morgan fingerprint density at radius 1 is 1.40 bits per heavy atom. The Hall–Kier alpha value is -0.340. The topological polar surface area (TPSA) is 25.8 Å². The normalized spacial score (nSPS) is 9.90. The van der Waals surface area contributed by atoms with E-state index in [4.69, 9.17) is 23.2 Å². The van der Waals surface area contributed by atoms with Crippen LogP contribution in [0.25, 0.3) is 0 Å². The standard InChI is InChI=1S/C6H5Cl2N2/c1-2-5-4(7)3-6(8)10-9-5/h3H,1-2H2. The first-order chi connectivity index (χ1) is 4.74. The molecule has 0 aliphatic heterocycles. The van der Waals surface area contributed by atoms with Crippen molar-refractivity contribution < 1.29 is 0 Å². The molecular weight excluding hydrogens is 171 g/mol. The van der Waals surface area contributed by atoms with Crippen molar-refractivity contribution >= 4 is 23.2 Å². The average molecular weight is 176 g/mol. The fourth-order valence-corrected chi connectivity index (χ4v) is 0.980. The average Bonchev–Trinajstić information content (AvgIpc) is 1.88. The van der Waals surface area contributed by atoms with Crippen molar-refractivity contribution in [2.24, 2.45) is 0 Å². The van der Waals surface area contributed by atoms with Crippen molar-refractivity contribution in [2.45, 2.75) is 6.42 Å². The summed E-state index contributed by atoms with van der Waals surface area (Å²) in [6, 6.07) is 1.55. The molecular formula is C6H5Cl2N2. The second kappa shape index (κ2) is 3.17. The Bertz CT molecular complexity index is 237. The molecule has 1 heterocycles. The van der Waals surface area contributed by atoms with Gasteiger partial charge in [0.15, 0.2) is 5.15 Å². The van der Waals surface area contributed by atoms with E-state index in [0.717, 1.165) is 0 Å². The van der Waals surface area contributed by atoms with Crippen LogP contribution < -0.4 is 0 Å². The highest BCUT2D eigenvalue weighted by Gasteiger charge is 1.99. The minimum atomic E-state index is 0.308. The maximum absolute atomic E-state index is 5.70. The number of aromatic nitrogens is 2. The lowest BCUT2D eigenvalue weighted by atomic mass is 10.3. The van der Waals surface area contributed by atoms with Crippen molar-refractivity contribution in [3.8, 4) is 0 Å². The quantitative estimate of drug-likeness (QED) is 0.655. The summed E-state index contributed by atoms with van der Waals surface area (Å²) in [5.74, 6) is 0. The third-order valence-electron chi connectivity index (χ3n) is 1.02. The van der Waals surface area contributed by atoms with Crippen LogP contribution in [0.5, 0.6) is 0 Å². The van der Waals surface area contributed by atoms with Crippen molar-refractivity contribution in [2.75, 3.05) is 0 Å². The maximum atomic E-state index is 5.70. The summed E-state index contributed by atoms with van der Waals surface area (Å²) >= 11 is 11.2. The summed E-state index contributed by atoms with van der Waals surface area (Å²) in [5, 5.41) is 8.15. The van der Waals surface area contributed by atoms with Gasteiger partial charge in [-0.25, -0.2) is 0 Å². The van der Waals surface area contributed by atoms with Gasteiger partial charge in [-0.2, -0.15) is 5.10 Å². The second-order valence-electron chi connectivity index (χ2n) is 1.71. The molecule has 0 atom stereocenters. The van der Waals surface area contributed by atoms with Crippen LogP contribution in [0.3, 0.4) is 0 Å². The largest absolute Gasteiger partial charge is 0.153 e. The van der Waals surface area contributed by atoms with Crippen LogP contribution >= 0.6 is 23.2 Å². The van der Waals surface area contributed by atoms with E-state index in [1.807, 2.05) is 0 Å². The Morgan fingerprint density at radius 3 is 2.60 bits per heavy atom. The zero-order valence-corrected chi connectivity index (χ0v) is 6.65. The molecule has 2 nitrogen and oxygen atoms in total. The molecule has 0 aliphatic rings. The van der Waals surface area contributed by atoms with E-state index in [-0.39, 0.29) is 0 Å². The predicted octanol–water partition coefficient (Wildman–Crippen LogP) is 2.16. The van der Waals surface area contributed by atoms with Gasteiger partial charge in [-0.15, -0.1) is 5.10 Å². The first-order valence-corrected chi connectivity index (χ1v) is 3.46. The smallest absolute Gasteiger partial charge is 0.153 e. The molecule has 1 radical (unpaired) electrons. The molecule has 0 saturated heterocycles. The Kier molecular flexibility index (Phi) is 2.46. The fraction of sp³-hybridized carbons (Fsp3) is 0.167. The van der Waals surface area contributed by atoms with Crippen molar-refractivity contribution in [3.63, 3.8) is 0 Å². The molecule has 0 bridgehead atoms. The van der Waals surface area contributed by atoms with Crippen LogP contribution in [0.2, 0.25) is 10.2 Å². The van der Waals surface area contributed by atoms with E-state index in [9.17, 15) is 0 Å². The molecule has 4 heteroatoms. The number of nitrogens with zero attached hydrogens (tertiary/aromatic N) is 2. The summed E-state index contributed by atoms with van der Waals surface area (Å²) in [7, 11) is 0. The van der Waals surface area contributed by atoms with E-state index < -0.39 is 0 Å². The molecule has 0 saturated carbocycles. The summed E-state index contributed by atoms with van der Waals surface area (Å²) in [5.41, 5.74) is 0.672. The van der Waals surface area contributed by atoms with Gasteiger partial charge in [0.25, 0.3) is 0 Å². The predicted molar refractivity (Wildman–Crippen MR) is 41.1 cm³/mol. The first kappa shape index (κ1) is 7.76. The molecule has 53 valence electrons. The minimum Gasteiger partial charge on any atom is -0.153 e. The molecule has 0 spiro atoms. The lowest BCUT2D eigenvalue weighted by Crippen LogP contribution is -1.91. The lowest BCUT2D eigenvalue weighted by molar-refractivity contribution is 0.948. The van der Waals surface area contributed by atoms with Gasteiger partial charge in [-0.05, 0) is 19.4 Å². The van der Waals surface area contributed by atoms with Gasteiger partial charge in [0.05, 0.1) is 10.7 Å². The van der Waals surface area contributed by atoms with Gasteiger partial charge in [0, 0.05) is 0 Å². The summed E-state index contributed by atoms with van der Waals surface area (Å²) < 4.78 is 0. The number of hydrogen-bond acceptors (Lipinski definition) is 2. The third kappa shape index (κ3) is 1.58. The molecule has 0 aromatic carbocycles. The fourth-order valence-electron chi connectivity index (χ4n) is 0.542.